The summed E-state index contributed by atoms with van der Waals surface area (Å²) in [5.41, 5.74) is 3.33. The van der Waals surface area contributed by atoms with Crippen LogP contribution in [0.25, 0.3) is 10.9 Å². The van der Waals surface area contributed by atoms with E-state index in [1.165, 1.54) is 5.56 Å². The smallest absolute Gasteiger partial charge is 0.357 e. The fourth-order valence-electron chi connectivity index (χ4n) is 3.65. The monoisotopic (exact) mass is 374 g/mol. The molecule has 0 saturated heterocycles. The fourth-order valence-corrected chi connectivity index (χ4v) is 3.65. The average Bonchev–Trinajstić information content (AvgIpc) is 2.73. The average molecular weight is 374 g/mol. The minimum absolute atomic E-state index is 0.0441. The molecular weight excluding hydrogens is 352 g/mol. The Morgan fingerprint density at radius 2 is 1.86 bits per heavy atom. The van der Waals surface area contributed by atoms with Crippen molar-refractivity contribution in [2.45, 2.75) is 38.3 Å². The number of carbonyl (C=O) groups is 2. The Bertz CT molecular complexity index is 1030. The van der Waals surface area contributed by atoms with Crippen molar-refractivity contribution < 1.29 is 14.3 Å². The van der Waals surface area contributed by atoms with E-state index in [2.05, 4.69) is 22.4 Å². The van der Waals surface area contributed by atoms with Gasteiger partial charge in [0.2, 0.25) is 0 Å². The summed E-state index contributed by atoms with van der Waals surface area (Å²) in [6.45, 7) is 1.59. The second-order valence-corrected chi connectivity index (χ2v) is 7.09. The van der Waals surface area contributed by atoms with E-state index in [0.717, 1.165) is 30.2 Å². The van der Waals surface area contributed by atoms with Gasteiger partial charge in [-0.15, -0.1) is 0 Å². The third kappa shape index (κ3) is 3.74. The predicted molar refractivity (Wildman–Crippen MR) is 107 cm³/mol. The van der Waals surface area contributed by atoms with E-state index in [1.807, 2.05) is 42.5 Å². The number of hydrogen-bond acceptors (Lipinski definition) is 4. The van der Waals surface area contributed by atoms with Crippen LogP contribution in [-0.2, 0) is 16.0 Å². The van der Waals surface area contributed by atoms with Crippen molar-refractivity contribution in [1.29, 1.82) is 0 Å². The number of amides is 1. The molecule has 0 fully saturated rings. The van der Waals surface area contributed by atoms with E-state index in [9.17, 15) is 9.59 Å². The van der Waals surface area contributed by atoms with E-state index in [-0.39, 0.29) is 17.6 Å². The van der Waals surface area contributed by atoms with Gasteiger partial charge in [-0.2, -0.15) is 0 Å². The van der Waals surface area contributed by atoms with Crippen LogP contribution < -0.4 is 5.32 Å². The zero-order valence-corrected chi connectivity index (χ0v) is 15.7. The van der Waals surface area contributed by atoms with Crippen LogP contribution in [0.1, 0.15) is 47.4 Å². The van der Waals surface area contributed by atoms with Crippen LogP contribution in [-0.4, -0.2) is 23.0 Å². The van der Waals surface area contributed by atoms with Gasteiger partial charge in [-0.25, -0.2) is 9.78 Å². The predicted octanol–water partition coefficient (Wildman–Crippen LogP) is 3.97. The first-order chi connectivity index (χ1) is 13.6. The van der Waals surface area contributed by atoms with Gasteiger partial charge < -0.3 is 10.1 Å². The van der Waals surface area contributed by atoms with Gasteiger partial charge in [0.25, 0.3) is 5.91 Å². The maximum absolute atomic E-state index is 12.6. The van der Waals surface area contributed by atoms with E-state index >= 15 is 0 Å². The van der Waals surface area contributed by atoms with E-state index in [0.29, 0.717) is 5.52 Å². The normalized spacial score (nSPS) is 16.8. The van der Waals surface area contributed by atoms with Crippen LogP contribution in [0.15, 0.2) is 60.7 Å². The molecule has 1 N–H and O–H groups in total. The molecule has 1 aliphatic rings. The third-order valence-electron chi connectivity index (χ3n) is 5.15. The number of aryl methyl sites for hydroxylation is 1. The van der Waals surface area contributed by atoms with Crippen LogP contribution in [0, 0.1) is 0 Å². The van der Waals surface area contributed by atoms with E-state index in [4.69, 9.17) is 4.74 Å². The number of pyridine rings is 1. The van der Waals surface area contributed by atoms with Gasteiger partial charge in [0.15, 0.2) is 6.10 Å². The van der Waals surface area contributed by atoms with E-state index in [1.54, 1.807) is 13.0 Å². The van der Waals surface area contributed by atoms with Gasteiger partial charge in [-0.05, 0) is 49.4 Å². The van der Waals surface area contributed by atoms with Crippen LogP contribution in [0.3, 0.4) is 0 Å². The Hall–Kier alpha value is -3.21. The largest absolute Gasteiger partial charge is 0.448 e. The number of aromatic nitrogens is 1. The lowest BCUT2D eigenvalue weighted by Crippen LogP contribution is -2.39. The van der Waals surface area contributed by atoms with Crippen molar-refractivity contribution in [3.05, 3.63) is 77.5 Å². The number of ether oxygens (including phenoxy) is 1. The summed E-state index contributed by atoms with van der Waals surface area (Å²) >= 11 is 0. The van der Waals surface area contributed by atoms with Crippen LogP contribution in [0.2, 0.25) is 0 Å². The Morgan fingerprint density at radius 3 is 2.75 bits per heavy atom. The maximum Gasteiger partial charge on any atom is 0.357 e. The molecule has 1 aromatic heterocycles. The van der Waals surface area contributed by atoms with Crippen molar-refractivity contribution in [3.8, 4) is 0 Å². The van der Waals surface area contributed by atoms with Crippen LogP contribution in [0.5, 0.6) is 0 Å². The molecule has 0 bridgehead atoms. The first-order valence-electron chi connectivity index (χ1n) is 9.57. The SMILES string of the molecule is C[C@H](OC(=O)c1ccc2ccccc2n1)C(=O)N[C@@H]1CCCc2ccccc21. The standard InChI is InChI=1S/C23H22N2O3/c1-15(22(26)25-20-12-6-9-16-7-2-4-10-18(16)20)28-23(27)21-14-13-17-8-3-5-11-19(17)24-21/h2-5,7-8,10-11,13-15,20H,6,9,12H2,1H3,(H,25,26)/t15-,20+/m0/s1. The van der Waals surface area contributed by atoms with Gasteiger partial charge in [0.1, 0.15) is 5.69 Å². The first-order valence-corrected chi connectivity index (χ1v) is 9.57. The maximum atomic E-state index is 12.6. The second-order valence-electron chi connectivity index (χ2n) is 7.09. The second kappa shape index (κ2) is 7.80. The molecule has 2 atom stereocenters. The van der Waals surface area contributed by atoms with E-state index < -0.39 is 12.1 Å². The Labute approximate surface area is 163 Å². The highest BCUT2D eigenvalue weighted by atomic mass is 16.5. The Kier molecular flexibility index (Phi) is 5.06. The van der Waals surface area contributed by atoms with Crippen molar-refractivity contribution in [2.24, 2.45) is 0 Å². The van der Waals surface area contributed by atoms with Gasteiger partial charge in [0.05, 0.1) is 11.6 Å². The fraction of sp³-hybridized carbons (Fsp3) is 0.261. The summed E-state index contributed by atoms with van der Waals surface area (Å²) in [6, 6.07) is 19.1. The zero-order chi connectivity index (χ0) is 19.5. The molecular formula is C23H22N2O3. The van der Waals surface area contributed by atoms with Crippen molar-refractivity contribution in [1.82, 2.24) is 10.3 Å². The van der Waals surface area contributed by atoms with Gasteiger partial charge >= 0.3 is 5.97 Å². The van der Waals surface area contributed by atoms with Crippen molar-refractivity contribution >= 4 is 22.8 Å². The summed E-state index contributed by atoms with van der Waals surface area (Å²) in [6.07, 6.45) is 2.04. The summed E-state index contributed by atoms with van der Waals surface area (Å²) in [5, 5.41) is 3.97. The number of nitrogens with one attached hydrogen (secondary N) is 1. The highest BCUT2D eigenvalue weighted by molar-refractivity contribution is 5.93. The molecule has 3 aromatic rings. The number of carbonyl (C=O) groups excluding carboxylic acids is 2. The quantitative estimate of drug-likeness (QED) is 0.702. The topological polar surface area (TPSA) is 68.3 Å². The van der Waals surface area contributed by atoms with Gasteiger partial charge in [-0.3, -0.25) is 4.79 Å². The summed E-state index contributed by atoms with van der Waals surface area (Å²) < 4.78 is 5.36. The minimum atomic E-state index is -0.894. The van der Waals surface area contributed by atoms with Crippen LogP contribution >= 0.6 is 0 Å². The molecule has 0 spiro atoms. The molecule has 1 heterocycles. The molecule has 2 aromatic carbocycles. The summed E-state index contributed by atoms with van der Waals surface area (Å²) in [4.78, 5) is 29.3. The van der Waals surface area contributed by atoms with Gasteiger partial charge in [-0.1, -0.05) is 48.5 Å². The highest BCUT2D eigenvalue weighted by Gasteiger charge is 2.25. The zero-order valence-electron chi connectivity index (χ0n) is 15.7. The lowest BCUT2D eigenvalue weighted by Gasteiger charge is -2.27. The Morgan fingerprint density at radius 1 is 1.07 bits per heavy atom. The summed E-state index contributed by atoms with van der Waals surface area (Å²) in [7, 11) is 0. The molecule has 1 amide bonds. The van der Waals surface area contributed by atoms with Crippen molar-refractivity contribution in [3.63, 3.8) is 0 Å². The molecule has 5 heteroatoms. The molecule has 0 aliphatic heterocycles. The van der Waals surface area contributed by atoms with Crippen molar-refractivity contribution in [2.75, 3.05) is 0 Å². The molecule has 28 heavy (non-hydrogen) atoms. The molecule has 0 radical (unpaired) electrons. The molecule has 142 valence electrons. The third-order valence-corrected chi connectivity index (χ3v) is 5.15. The number of benzene rings is 2. The molecule has 5 nitrogen and oxygen atoms in total. The van der Waals surface area contributed by atoms with Gasteiger partial charge in [0, 0.05) is 5.39 Å². The van der Waals surface area contributed by atoms with Crippen LogP contribution in [0.4, 0.5) is 0 Å². The number of fused-ring (bicyclic) bond motifs is 2. The Balaban J connectivity index is 1.42. The number of rotatable bonds is 4. The highest BCUT2D eigenvalue weighted by Crippen LogP contribution is 2.29. The number of hydrogen-bond donors (Lipinski definition) is 1. The molecule has 0 saturated carbocycles. The molecule has 1 aliphatic carbocycles. The molecule has 4 rings (SSSR count). The minimum Gasteiger partial charge on any atom is -0.448 e. The number of nitrogens with zero attached hydrogens (tertiary/aromatic N) is 1. The number of esters is 1. The lowest BCUT2D eigenvalue weighted by molar-refractivity contribution is -0.130. The number of para-hydroxylation sites is 1. The molecule has 0 unspecified atom stereocenters. The lowest BCUT2D eigenvalue weighted by atomic mass is 9.87. The summed E-state index contributed by atoms with van der Waals surface area (Å²) in [5.74, 6) is -0.895. The first kappa shape index (κ1) is 18.2.